The van der Waals surface area contributed by atoms with Crippen molar-refractivity contribution in [2.45, 2.75) is 50.7 Å². The highest BCUT2D eigenvalue weighted by atomic mass is 32.1. The van der Waals surface area contributed by atoms with Gasteiger partial charge in [-0.05, 0) is 79.3 Å². The summed E-state index contributed by atoms with van der Waals surface area (Å²) in [5.41, 5.74) is 1.01. The Morgan fingerprint density at radius 1 is 1.04 bits per heavy atom. The van der Waals surface area contributed by atoms with Gasteiger partial charge in [0.05, 0.1) is 29.0 Å². The zero-order valence-corrected chi connectivity index (χ0v) is 25.2. The molecule has 11 heteroatoms. The summed E-state index contributed by atoms with van der Waals surface area (Å²) in [5, 5.41) is 22.1. The zero-order chi connectivity index (χ0) is 31.7. The van der Waals surface area contributed by atoms with Gasteiger partial charge in [-0.25, -0.2) is 9.18 Å². The number of fused-ring (bicyclic) bond motifs is 3. The number of phenolic OH excluding ortho intramolecular Hbond substituents is 1. The molecule has 0 radical (unpaired) electrons. The molecule has 45 heavy (non-hydrogen) atoms. The van der Waals surface area contributed by atoms with Crippen molar-refractivity contribution in [3.8, 4) is 28.4 Å². The minimum Gasteiger partial charge on any atom is -0.508 e. The lowest BCUT2D eigenvalue weighted by atomic mass is 9.98. The first-order chi connectivity index (χ1) is 21.7. The average Bonchev–Trinajstić information content (AvgIpc) is 3.41. The highest BCUT2D eigenvalue weighted by Gasteiger charge is 2.26. The molecule has 9 nitrogen and oxygen atoms in total. The SMILES string of the molecule is COc1ccc(-c2cc(C(=O)N[C@@H](Cc3ccc(O)cc3)C(=O)O)c3sc4ccc(OC5CCCCC5)cc4n3c2=O)cc1F. The molecule has 2 heterocycles. The number of aromatic nitrogens is 1. The van der Waals surface area contributed by atoms with E-state index in [1.54, 1.807) is 18.2 Å². The van der Waals surface area contributed by atoms with E-state index < -0.39 is 29.3 Å². The maximum absolute atomic E-state index is 14.8. The van der Waals surface area contributed by atoms with Gasteiger partial charge < -0.3 is 25.0 Å². The number of aliphatic carboxylic acids is 1. The zero-order valence-electron chi connectivity index (χ0n) is 24.4. The molecule has 0 spiro atoms. The fourth-order valence-electron chi connectivity index (χ4n) is 5.74. The van der Waals surface area contributed by atoms with Crippen molar-refractivity contribution in [1.82, 2.24) is 9.72 Å². The Hall–Kier alpha value is -4.90. The predicted octanol–water partition coefficient (Wildman–Crippen LogP) is 6.17. The van der Waals surface area contributed by atoms with E-state index in [4.69, 9.17) is 9.47 Å². The molecule has 3 N–H and O–H groups in total. The highest BCUT2D eigenvalue weighted by Crippen LogP contribution is 2.34. The normalized spacial score (nSPS) is 14.4. The van der Waals surface area contributed by atoms with Crippen LogP contribution in [0.2, 0.25) is 0 Å². The number of hydrogen-bond donors (Lipinski definition) is 3. The van der Waals surface area contributed by atoms with Crippen molar-refractivity contribution in [2.75, 3.05) is 7.11 Å². The number of amides is 1. The van der Waals surface area contributed by atoms with Crippen molar-refractivity contribution in [1.29, 1.82) is 0 Å². The highest BCUT2D eigenvalue weighted by molar-refractivity contribution is 7.24. The van der Waals surface area contributed by atoms with E-state index in [1.165, 1.54) is 65.7 Å². The van der Waals surface area contributed by atoms with Gasteiger partial charge in [-0.3, -0.25) is 14.0 Å². The largest absolute Gasteiger partial charge is 0.508 e. The summed E-state index contributed by atoms with van der Waals surface area (Å²) in [5.74, 6) is -2.00. The summed E-state index contributed by atoms with van der Waals surface area (Å²) in [6.45, 7) is 0. The Bertz CT molecular complexity index is 1960. The van der Waals surface area contributed by atoms with Gasteiger partial charge in [0.15, 0.2) is 11.6 Å². The number of methoxy groups -OCH3 is 1. The Morgan fingerprint density at radius 3 is 2.49 bits per heavy atom. The number of hydrogen-bond acceptors (Lipinski definition) is 7. The van der Waals surface area contributed by atoms with E-state index in [1.807, 2.05) is 12.1 Å². The topological polar surface area (TPSA) is 127 Å². The van der Waals surface area contributed by atoms with E-state index in [-0.39, 0.29) is 40.7 Å². The number of aromatic hydroxyl groups is 1. The van der Waals surface area contributed by atoms with Gasteiger partial charge in [0.1, 0.15) is 22.4 Å². The number of nitrogens with zero attached hydrogens (tertiary/aromatic N) is 1. The number of thiazole rings is 1. The first-order valence-electron chi connectivity index (χ1n) is 14.7. The van der Waals surface area contributed by atoms with Crippen LogP contribution in [0.5, 0.6) is 17.2 Å². The van der Waals surface area contributed by atoms with Crippen molar-refractivity contribution in [2.24, 2.45) is 0 Å². The van der Waals surface area contributed by atoms with Gasteiger partial charge in [-0.2, -0.15) is 0 Å². The number of nitrogens with one attached hydrogen (secondary N) is 1. The van der Waals surface area contributed by atoms with Crippen LogP contribution in [-0.4, -0.2) is 45.7 Å². The maximum Gasteiger partial charge on any atom is 0.326 e. The molecule has 6 rings (SSSR count). The van der Waals surface area contributed by atoms with Gasteiger partial charge in [-0.1, -0.05) is 24.6 Å². The third-order valence-corrected chi connectivity index (χ3v) is 9.24. The second-order valence-corrected chi connectivity index (χ2v) is 12.1. The Morgan fingerprint density at radius 2 is 1.80 bits per heavy atom. The monoisotopic (exact) mass is 630 g/mol. The van der Waals surface area contributed by atoms with Crippen LogP contribution >= 0.6 is 11.3 Å². The fourth-order valence-corrected chi connectivity index (χ4v) is 6.87. The number of ether oxygens (including phenoxy) is 2. The lowest BCUT2D eigenvalue weighted by Crippen LogP contribution is -2.42. The molecule has 232 valence electrons. The lowest BCUT2D eigenvalue weighted by Gasteiger charge is -2.23. The van der Waals surface area contributed by atoms with E-state index in [2.05, 4.69) is 5.32 Å². The molecule has 1 saturated carbocycles. The van der Waals surface area contributed by atoms with Crippen LogP contribution in [0.3, 0.4) is 0 Å². The quantitative estimate of drug-likeness (QED) is 0.178. The molecule has 1 fully saturated rings. The minimum absolute atomic E-state index is 0.00177. The van der Waals surface area contributed by atoms with Crippen LogP contribution in [0.15, 0.2) is 71.5 Å². The lowest BCUT2D eigenvalue weighted by molar-refractivity contribution is -0.139. The summed E-state index contributed by atoms with van der Waals surface area (Å²) in [4.78, 5) is 40.4. The second-order valence-electron chi connectivity index (χ2n) is 11.1. The number of rotatable bonds is 9. The van der Waals surface area contributed by atoms with E-state index in [0.29, 0.717) is 26.4 Å². The van der Waals surface area contributed by atoms with Gasteiger partial charge in [0, 0.05) is 18.1 Å². The molecule has 1 atom stereocenters. The predicted molar refractivity (Wildman–Crippen MR) is 169 cm³/mol. The van der Waals surface area contributed by atoms with Gasteiger partial charge in [0.25, 0.3) is 11.5 Å². The summed E-state index contributed by atoms with van der Waals surface area (Å²) >= 11 is 1.22. The number of halogens is 1. The van der Waals surface area contributed by atoms with Crippen molar-refractivity contribution < 1.29 is 33.7 Å². The van der Waals surface area contributed by atoms with Crippen LogP contribution < -0.4 is 20.3 Å². The van der Waals surface area contributed by atoms with Crippen LogP contribution in [0, 0.1) is 5.82 Å². The molecule has 0 bridgehead atoms. The van der Waals surface area contributed by atoms with Crippen molar-refractivity contribution in [3.05, 3.63) is 94.0 Å². The van der Waals surface area contributed by atoms with Crippen LogP contribution in [0.25, 0.3) is 26.2 Å². The summed E-state index contributed by atoms with van der Waals surface area (Å²) < 4.78 is 28.2. The third kappa shape index (κ3) is 6.21. The molecule has 1 aliphatic rings. The molecule has 0 saturated heterocycles. The maximum atomic E-state index is 14.8. The second kappa shape index (κ2) is 12.6. The minimum atomic E-state index is -1.30. The molecule has 5 aromatic rings. The van der Waals surface area contributed by atoms with Gasteiger partial charge in [0.2, 0.25) is 0 Å². The molecule has 2 aromatic heterocycles. The van der Waals surface area contributed by atoms with E-state index in [0.717, 1.165) is 25.7 Å². The summed E-state index contributed by atoms with van der Waals surface area (Å²) in [6.07, 6.45) is 5.32. The average molecular weight is 631 g/mol. The Labute approximate surface area is 261 Å². The standard InChI is InChI=1S/C34H31FN2O7S/c1-43-29-13-9-20(16-26(29)35)24-18-25(31(39)36-27(34(41)42)15-19-7-10-21(38)11-8-19)33-37(32(24)40)28-17-23(12-14-30(28)45-33)44-22-5-3-2-4-6-22/h7-14,16-18,22,27,38H,2-6,15H2,1H3,(H,36,39)(H,41,42)/t27-/m0/s1. The fraction of sp³-hybridized carbons (Fsp3) is 0.265. The number of phenols is 1. The number of benzene rings is 3. The summed E-state index contributed by atoms with van der Waals surface area (Å²) in [6, 6.07) is 15.7. The van der Waals surface area contributed by atoms with Gasteiger partial charge >= 0.3 is 5.97 Å². The molecule has 1 amide bonds. The molecule has 3 aromatic carbocycles. The number of carbonyl (C=O) groups is 2. The van der Waals surface area contributed by atoms with Gasteiger partial charge in [-0.15, -0.1) is 11.3 Å². The first-order valence-corrected chi connectivity index (χ1v) is 15.5. The van der Waals surface area contributed by atoms with Crippen molar-refractivity contribution >= 4 is 38.3 Å². The molecular weight excluding hydrogens is 599 g/mol. The smallest absolute Gasteiger partial charge is 0.326 e. The molecule has 1 aliphatic carbocycles. The van der Waals surface area contributed by atoms with E-state index >= 15 is 0 Å². The molecular formula is C34H31FN2O7S. The Kier molecular flexibility index (Phi) is 8.44. The van der Waals surface area contributed by atoms with Crippen LogP contribution in [0.1, 0.15) is 48.0 Å². The summed E-state index contributed by atoms with van der Waals surface area (Å²) in [7, 11) is 1.34. The molecule has 0 aliphatic heterocycles. The number of pyridine rings is 1. The third-order valence-electron chi connectivity index (χ3n) is 8.08. The number of carboxylic acid groups (broad SMARTS) is 1. The van der Waals surface area contributed by atoms with Crippen LogP contribution in [-0.2, 0) is 11.2 Å². The number of carbonyl (C=O) groups excluding carboxylic acids is 1. The van der Waals surface area contributed by atoms with Crippen LogP contribution in [0.4, 0.5) is 4.39 Å². The van der Waals surface area contributed by atoms with Crippen molar-refractivity contribution in [3.63, 3.8) is 0 Å². The van der Waals surface area contributed by atoms with E-state index in [9.17, 15) is 29.0 Å². The Balaban J connectivity index is 1.47. The molecule has 0 unspecified atom stereocenters. The number of carboxylic acids is 1. The first kappa shape index (κ1) is 30.1.